The highest BCUT2D eigenvalue weighted by molar-refractivity contribution is 5.75. The van der Waals surface area contributed by atoms with Crippen LogP contribution in [0.2, 0.25) is 0 Å². The molecule has 6 heteroatoms. The highest BCUT2D eigenvalue weighted by Gasteiger charge is 2.17. The third-order valence-electron chi connectivity index (χ3n) is 3.63. The monoisotopic (exact) mass is 285 g/mol. The van der Waals surface area contributed by atoms with Gasteiger partial charge >= 0.3 is 12.0 Å². The molecule has 2 amide bonds. The Morgan fingerprint density at radius 2 is 1.95 bits per heavy atom. The molecule has 0 aromatic carbocycles. The van der Waals surface area contributed by atoms with Gasteiger partial charge in [-0.05, 0) is 45.3 Å². The van der Waals surface area contributed by atoms with E-state index in [0.29, 0.717) is 13.0 Å². The van der Waals surface area contributed by atoms with E-state index in [1.807, 2.05) is 6.92 Å². The number of nitrogens with zero attached hydrogens (tertiary/aromatic N) is 1. The number of likely N-dealkylation sites (tertiary alicyclic amines) is 1. The second-order valence-electron chi connectivity index (χ2n) is 5.36. The van der Waals surface area contributed by atoms with E-state index < -0.39 is 11.9 Å². The van der Waals surface area contributed by atoms with Crippen molar-refractivity contribution in [3.8, 4) is 0 Å². The van der Waals surface area contributed by atoms with Gasteiger partial charge in [0.1, 0.15) is 0 Å². The smallest absolute Gasteiger partial charge is 0.314 e. The molecule has 1 unspecified atom stereocenters. The fraction of sp³-hybridized carbons (Fsp3) is 0.857. The molecule has 116 valence electrons. The van der Waals surface area contributed by atoms with Crippen molar-refractivity contribution in [3.05, 3.63) is 0 Å². The van der Waals surface area contributed by atoms with Gasteiger partial charge in [-0.25, -0.2) is 4.79 Å². The van der Waals surface area contributed by atoms with Crippen LogP contribution >= 0.6 is 0 Å². The quantitative estimate of drug-likeness (QED) is 0.557. The van der Waals surface area contributed by atoms with Gasteiger partial charge in [0.05, 0.1) is 5.92 Å². The van der Waals surface area contributed by atoms with Crippen LogP contribution in [0.15, 0.2) is 0 Å². The lowest BCUT2D eigenvalue weighted by atomic mass is 10.0. The van der Waals surface area contributed by atoms with Crippen LogP contribution in [-0.2, 0) is 4.79 Å². The van der Waals surface area contributed by atoms with Gasteiger partial charge in [0.25, 0.3) is 0 Å². The van der Waals surface area contributed by atoms with Crippen molar-refractivity contribution < 1.29 is 14.7 Å². The summed E-state index contributed by atoms with van der Waals surface area (Å²) in [6.45, 7) is 6.13. The Hall–Kier alpha value is -1.30. The van der Waals surface area contributed by atoms with E-state index in [0.717, 1.165) is 19.4 Å². The molecule has 0 aromatic rings. The first kappa shape index (κ1) is 16.8. The summed E-state index contributed by atoms with van der Waals surface area (Å²) < 4.78 is 0. The number of aliphatic carboxylic acids is 1. The van der Waals surface area contributed by atoms with E-state index in [1.54, 1.807) is 0 Å². The third-order valence-corrected chi connectivity index (χ3v) is 3.63. The van der Waals surface area contributed by atoms with Gasteiger partial charge in [0, 0.05) is 13.1 Å². The summed E-state index contributed by atoms with van der Waals surface area (Å²) in [4.78, 5) is 24.9. The van der Waals surface area contributed by atoms with Crippen molar-refractivity contribution in [1.29, 1.82) is 0 Å². The maximum Gasteiger partial charge on any atom is 0.314 e. The zero-order valence-electron chi connectivity index (χ0n) is 12.4. The van der Waals surface area contributed by atoms with Crippen LogP contribution < -0.4 is 10.6 Å². The van der Waals surface area contributed by atoms with Crippen molar-refractivity contribution in [2.45, 2.75) is 39.0 Å². The molecule has 1 aliphatic heterocycles. The SMILES string of the molecule is CCCC(CNC(=O)NCCCN1CCCC1)C(=O)O. The molecule has 0 saturated carbocycles. The van der Waals surface area contributed by atoms with Crippen molar-refractivity contribution in [3.63, 3.8) is 0 Å². The van der Waals surface area contributed by atoms with Gasteiger partial charge in [-0.1, -0.05) is 13.3 Å². The zero-order chi connectivity index (χ0) is 14.8. The molecular formula is C14H27N3O3. The van der Waals surface area contributed by atoms with E-state index in [2.05, 4.69) is 15.5 Å². The average Bonchev–Trinajstić information content (AvgIpc) is 2.92. The Bertz CT molecular complexity index is 304. The van der Waals surface area contributed by atoms with Crippen LogP contribution in [0.3, 0.4) is 0 Å². The first-order chi connectivity index (χ1) is 9.63. The van der Waals surface area contributed by atoms with Crippen molar-refractivity contribution in [1.82, 2.24) is 15.5 Å². The predicted molar refractivity (Wildman–Crippen MR) is 77.7 cm³/mol. The van der Waals surface area contributed by atoms with E-state index in [1.165, 1.54) is 25.9 Å². The summed E-state index contributed by atoms with van der Waals surface area (Å²) in [5.74, 6) is -1.34. The maximum absolute atomic E-state index is 11.5. The van der Waals surface area contributed by atoms with Crippen molar-refractivity contribution in [2.24, 2.45) is 5.92 Å². The van der Waals surface area contributed by atoms with Crippen LogP contribution in [0.25, 0.3) is 0 Å². The number of rotatable bonds is 9. The van der Waals surface area contributed by atoms with E-state index in [-0.39, 0.29) is 12.6 Å². The highest BCUT2D eigenvalue weighted by Crippen LogP contribution is 2.07. The van der Waals surface area contributed by atoms with Gasteiger partial charge in [0.2, 0.25) is 0 Å². The fourth-order valence-corrected chi connectivity index (χ4v) is 2.45. The molecule has 1 saturated heterocycles. The second-order valence-corrected chi connectivity index (χ2v) is 5.36. The molecule has 0 aromatic heterocycles. The fourth-order valence-electron chi connectivity index (χ4n) is 2.45. The normalized spacial score (nSPS) is 16.9. The highest BCUT2D eigenvalue weighted by atomic mass is 16.4. The first-order valence-corrected chi connectivity index (χ1v) is 7.60. The lowest BCUT2D eigenvalue weighted by molar-refractivity contribution is -0.141. The van der Waals surface area contributed by atoms with Crippen LogP contribution in [0.5, 0.6) is 0 Å². The molecule has 20 heavy (non-hydrogen) atoms. The summed E-state index contributed by atoms with van der Waals surface area (Å²) >= 11 is 0. The van der Waals surface area contributed by atoms with Crippen LogP contribution in [0, 0.1) is 5.92 Å². The summed E-state index contributed by atoms with van der Waals surface area (Å²) in [6.07, 6.45) is 4.88. The Morgan fingerprint density at radius 3 is 2.55 bits per heavy atom. The van der Waals surface area contributed by atoms with E-state index in [9.17, 15) is 9.59 Å². The van der Waals surface area contributed by atoms with Gasteiger partial charge in [-0.3, -0.25) is 4.79 Å². The molecule has 0 radical (unpaired) electrons. The number of hydrogen-bond donors (Lipinski definition) is 3. The van der Waals surface area contributed by atoms with Crippen LogP contribution in [0.1, 0.15) is 39.0 Å². The lowest BCUT2D eigenvalue weighted by Crippen LogP contribution is -2.40. The number of nitrogens with one attached hydrogen (secondary N) is 2. The molecule has 0 spiro atoms. The zero-order valence-corrected chi connectivity index (χ0v) is 12.4. The molecule has 1 fully saturated rings. The number of urea groups is 1. The molecule has 1 heterocycles. The largest absolute Gasteiger partial charge is 0.481 e. The topological polar surface area (TPSA) is 81.7 Å². The minimum Gasteiger partial charge on any atom is -0.481 e. The number of carbonyl (C=O) groups excluding carboxylic acids is 1. The van der Waals surface area contributed by atoms with Gasteiger partial charge < -0.3 is 20.6 Å². The number of carboxylic acid groups (broad SMARTS) is 1. The summed E-state index contributed by atoms with van der Waals surface area (Å²) in [7, 11) is 0. The maximum atomic E-state index is 11.5. The number of hydrogen-bond acceptors (Lipinski definition) is 3. The van der Waals surface area contributed by atoms with Crippen molar-refractivity contribution >= 4 is 12.0 Å². The number of amides is 2. The minimum atomic E-state index is -0.846. The van der Waals surface area contributed by atoms with Crippen LogP contribution in [-0.4, -0.2) is 54.7 Å². The molecule has 1 atom stereocenters. The Balaban J connectivity index is 2.05. The van der Waals surface area contributed by atoms with Gasteiger partial charge in [-0.2, -0.15) is 0 Å². The van der Waals surface area contributed by atoms with Crippen LogP contribution in [0.4, 0.5) is 4.79 Å². The molecule has 1 aliphatic rings. The molecule has 0 aliphatic carbocycles. The molecule has 1 rings (SSSR count). The van der Waals surface area contributed by atoms with Crippen molar-refractivity contribution in [2.75, 3.05) is 32.7 Å². The third kappa shape index (κ3) is 6.75. The molecular weight excluding hydrogens is 258 g/mol. The Labute approximate surface area is 120 Å². The molecule has 3 N–H and O–H groups in total. The minimum absolute atomic E-state index is 0.196. The average molecular weight is 285 g/mol. The van der Waals surface area contributed by atoms with E-state index in [4.69, 9.17) is 5.11 Å². The van der Waals surface area contributed by atoms with Gasteiger partial charge in [-0.15, -0.1) is 0 Å². The molecule has 6 nitrogen and oxygen atoms in total. The predicted octanol–water partition coefficient (Wildman–Crippen LogP) is 1.27. The second kappa shape index (κ2) is 9.58. The van der Waals surface area contributed by atoms with E-state index >= 15 is 0 Å². The Kier molecular flexibility index (Phi) is 8.02. The molecule has 0 bridgehead atoms. The summed E-state index contributed by atoms with van der Waals surface area (Å²) in [5.41, 5.74) is 0. The van der Waals surface area contributed by atoms with Gasteiger partial charge in [0.15, 0.2) is 0 Å². The number of carbonyl (C=O) groups is 2. The summed E-state index contributed by atoms with van der Waals surface area (Å²) in [5, 5.41) is 14.4. The Morgan fingerprint density at radius 1 is 1.25 bits per heavy atom. The first-order valence-electron chi connectivity index (χ1n) is 7.60. The lowest BCUT2D eigenvalue weighted by Gasteiger charge is -2.15. The standard InChI is InChI=1S/C14H27N3O3/c1-2-6-12(13(18)19)11-16-14(20)15-7-5-10-17-8-3-4-9-17/h12H,2-11H2,1H3,(H,18,19)(H2,15,16,20). The summed E-state index contributed by atoms with van der Waals surface area (Å²) in [6, 6.07) is -0.270. The number of carboxylic acids is 1.